The Morgan fingerprint density at radius 1 is 1.09 bits per heavy atom. The van der Waals surface area contributed by atoms with Crippen LogP contribution in [0.1, 0.15) is 6.42 Å². The third-order valence-corrected chi connectivity index (χ3v) is 6.74. The minimum Gasteiger partial charge on any atom is -0.456 e. The van der Waals surface area contributed by atoms with E-state index < -0.39 is 0 Å². The van der Waals surface area contributed by atoms with Crippen molar-refractivity contribution in [3.05, 3.63) is 82.4 Å². The smallest absolute Gasteiger partial charge is 0.266 e. The molecule has 9 heteroatoms. The average molecular weight is 511 g/mol. The topological polar surface area (TPSA) is 76.4 Å². The summed E-state index contributed by atoms with van der Waals surface area (Å²) in [6.45, 7) is 3.25. The van der Waals surface area contributed by atoms with E-state index >= 15 is 0 Å². The van der Waals surface area contributed by atoms with E-state index in [9.17, 15) is 9.90 Å². The first kappa shape index (κ1) is 23.6. The molecular formula is C26H24Cl2N4O3. The van der Waals surface area contributed by atoms with Gasteiger partial charge in [-0.05, 0) is 61.0 Å². The predicted octanol–water partition coefficient (Wildman–Crippen LogP) is 4.74. The fourth-order valence-corrected chi connectivity index (χ4v) is 4.78. The molecule has 4 heterocycles. The zero-order valence-electron chi connectivity index (χ0n) is 18.8. The third-order valence-electron chi connectivity index (χ3n) is 6.49. The van der Waals surface area contributed by atoms with E-state index in [4.69, 9.17) is 16.0 Å². The predicted molar refractivity (Wildman–Crippen MR) is 140 cm³/mol. The molecule has 1 aliphatic heterocycles. The number of benzene rings is 2. The molecule has 0 aliphatic carbocycles. The lowest BCUT2D eigenvalue weighted by Gasteiger charge is -2.15. The highest BCUT2D eigenvalue weighted by Crippen LogP contribution is 2.28. The second kappa shape index (κ2) is 9.51. The third kappa shape index (κ3) is 4.48. The van der Waals surface area contributed by atoms with Gasteiger partial charge in [-0.25, -0.2) is 0 Å². The molecule has 7 nitrogen and oxygen atoms in total. The van der Waals surface area contributed by atoms with Gasteiger partial charge in [0.1, 0.15) is 11.3 Å². The highest BCUT2D eigenvalue weighted by Gasteiger charge is 2.20. The van der Waals surface area contributed by atoms with Crippen molar-refractivity contribution in [2.24, 2.45) is 0 Å². The number of rotatable bonds is 5. The van der Waals surface area contributed by atoms with Crippen molar-refractivity contribution >= 4 is 45.9 Å². The molecule has 35 heavy (non-hydrogen) atoms. The van der Waals surface area contributed by atoms with Crippen LogP contribution >= 0.6 is 24.0 Å². The average Bonchev–Trinajstić information content (AvgIpc) is 3.56. The molecule has 180 valence electrons. The van der Waals surface area contributed by atoms with Crippen LogP contribution in [0, 0.1) is 0 Å². The molecule has 3 aromatic heterocycles. The minimum absolute atomic E-state index is 0. The molecule has 1 fully saturated rings. The summed E-state index contributed by atoms with van der Waals surface area (Å²) in [7, 11) is 0. The maximum absolute atomic E-state index is 13.3. The first-order chi connectivity index (χ1) is 16.5. The Kier molecular flexibility index (Phi) is 6.42. The van der Waals surface area contributed by atoms with Gasteiger partial charge in [-0.2, -0.15) is 5.10 Å². The van der Waals surface area contributed by atoms with E-state index in [2.05, 4.69) is 10.00 Å². The Morgan fingerprint density at radius 3 is 2.69 bits per heavy atom. The normalized spacial score (nSPS) is 16.2. The Hall–Kier alpha value is -3.10. The van der Waals surface area contributed by atoms with Gasteiger partial charge in [-0.1, -0.05) is 11.6 Å². The molecule has 0 saturated carbocycles. The van der Waals surface area contributed by atoms with Crippen LogP contribution in [0.4, 0.5) is 0 Å². The second-order valence-electron chi connectivity index (χ2n) is 8.74. The van der Waals surface area contributed by atoms with E-state index in [-0.39, 0.29) is 24.1 Å². The van der Waals surface area contributed by atoms with Gasteiger partial charge in [0.2, 0.25) is 0 Å². The maximum atomic E-state index is 13.3. The highest BCUT2D eigenvalue weighted by atomic mass is 35.5. The zero-order chi connectivity index (χ0) is 23.2. The van der Waals surface area contributed by atoms with Gasteiger partial charge in [0.05, 0.1) is 29.7 Å². The Balaban J connectivity index is 0.00000253. The lowest BCUT2D eigenvalue weighted by atomic mass is 10.1. The van der Waals surface area contributed by atoms with E-state index in [1.165, 1.54) is 0 Å². The molecule has 1 unspecified atom stereocenters. The molecule has 6 rings (SSSR count). The van der Waals surface area contributed by atoms with Crippen LogP contribution < -0.4 is 5.56 Å². The lowest BCUT2D eigenvalue weighted by Crippen LogP contribution is -2.26. The number of aromatic nitrogens is 3. The molecular weight excluding hydrogens is 487 g/mol. The molecule has 0 bridgehead atoms. The van der Waals surface area contributed by atoms with Gasteiger partial charge < -0.3 is 9.52 Å². The standard InChI is InChI=1S/C26H23ClN4O3.ClH/c27-19-3-1-17(2-4-19)25-14-22-24(34-25)8-10-30(26(22)33)20-5-6-23-18(13-20)15-28-31(23)12-11-29-9-7-21(32)16-29;/h1-6,8,10,13-15,21,32H,7,9,11-12,16H2;1H. The van der Waals surface area contributed by atoms with E-state index in [1.807, 2.05) is 47.3 Å². The molecule has 1 N–H and O–H groups in total. The molecule has 0 radical (unpaired) electrons. The van der Waals surface area contributed by atoms with Gasteiger partial charge in [-0.15, -0.1) is 12.4 Å². The quantitative estimate of drug-likeness (QED) is 0.369. The van der Waals surface area contributed by atoms with Crippen molar-refractivity contribution in [3.63, 3.8) is 0 Å². The van der Waals surface area contributed by atoms with Crippen LogP contribution in [0.2, 0.25) is 5.02 Å². The van der Waals surface area contributed by atoms with Gasteiger partial charge in [0.25, 0.3) is 5.56 Å². The Labute approximate surface area is 212 Å². The fraction of sp³-hybridized carbons (Fsp3) is 0.231. The number of β-amino-alcohol motifs (C(OH)–C–C–N with tert-alkyl or cyclic N) is 1. The molecule has 2 aromatic carbocycles. The SMILES string of the molecule is Cl.O=c1c2cc(-c3ccc(Cl)cc3)oc2ccn1-c1ccc2c(cnn2CCN2CCC(O)C2)c1. The van der Waals surface area contributed by atoms with Crippen molar-refractivity contribution in [2.75, 3.05) is 19.6 Å². The summed E-state index contributed by atoms with van der Waals surface area (Å²) < 4.78 is 9.53. The summed E-state index contributed by atoms with van der Waals surface area (Å²) in [4.78, 5) is 15.5. The fourth-order valence-electron chi connectivity index (χ4n) is 4.65. The number of furan rings is 1. The van der Waals surface area contributed by atoms with Gasteiger partial charge >= 0.3 is 0 Å². The monoisotopic (exact) mass is 510 g/mol. The second-order valence-corrected chi connectivity index (χ2v) is 9.18. The Morgan fingerprint density at radius 2 is 1.91 bits per heavy atom. The van der Waals surface area contributed by atoms with Crippen LogP contribution in [0.15, 0.2) is 76.2 Å². The van der Waals surface area contributed by atoms with Crippen molar-refractivity contribution in [2.45, 2.75) is 19.1 Å². The van der Waals surface area contributed by atoms with E-state index in [1.54, 1.807) is 29.0 Å². The molecule has 5 aromatic rings. The summed E-state index contributed by atoms with van der Waals surface area (Å²) in [5.74, 6) is 0.628. The number of aliphatic hydroxyl groups is 1. The van der Waals surface area contributed by atoms with Crippen LogP contribution in [-0.4, -0.2) is 50.1 Å². The maximum Gasteiger partial charge on any atom is 0.266 e. The van der Waals surface area contributed by atoms with Crippen LogP contribution in [0.5, 0.6) is 0 Å². The summed E-state index contributed by atoms with van der Waals surface area (Å²) in [6.07, 6.45) is 4.19. The largest absolute Gasteiger partial charge is 0.456 e. The molecule has 1 atom stereocenters. The number of likely N-dealkylation sites (tertiary alicyclic amines) is 1. The lowest BCUT2D eigenvalue weighted by molar-refractivity contribution is 0.175. The molecule has 1 aliphatic rings. The zero-order valence-corrected chi connectivity index (χ0v) is 20.4. The van der Waals surface area contributed by atoms with Crippen LogP contribution in [0.25, 0.3) is 38.9 Å². The number of halogens is 2. The first-order valence-corrected chi connectivity index (χ1v) is 11.7. The molecule has 0 spiro atoms. The van der Waals surface area contributed by atoms with Gasteiger partial charge in [0.15, 0.2) is 0 Å². The van der Waals surface area contributed by atoms with Crippen LogP contribution in [-0.2, 0) is 6.54 Å². The number of hydrogen-bond acceptors (Lipinski definition) is 5. The first-order valence-electron chi connectivity index (χ1n) is 11.3. The molecule has 0 amide bonds. The number of fused-ring (bicyclic) bond motifs is 2. The van der Waals surface area contributed by atoms with Crippen molar-refractivity contribution in [1.82, 2.24) is 19.2 Å². The number of aliphatic hydroxyl groups excluding tert-OH is 1. The van der Waals surface area contributed by atoms with Crippen molar-refractivity contribution in [3.8, 4) is 17.0 Å². The van der Waals surface area contributed by atoms with Gasteiger partial charge in [0, 0.05) is 47.5 Å². The van der Waals surface area contributed by atoms with Crippen molar-refractivity contribution in [1.29, 1.82) is 0 Å². The van der Waals surface area contributed by atoms with Crippen molar-refractivity contribution < 1.29 is 9.52 Å². The van der Waals surface area contributed by atoms with E-state index in [0.29, 0.717) is 21.8 Å². The number of pyridine rings is 1. The summed E-state index contributed by atoms with van der Waals surface area (Å²) in [5.41, 5.74) is 3.07. The van der Waals surface area contributed by atoms with Crippen LogP contribution in [0.3, 0.4) is 0 Å². The minimum atomic E-state index is -0.218. The summed E-state index contributed by atoms with van der Waals surface area (Å²) >= 11 is 5.99. The van der Waals surface area contributed by atoms with E-state index in [0.717, 1.165) is 54.8 Å². The Bertz CT molecular complexity index is 1550. The van der Waals surface area contributed by atoms with Gasteiger partial charge in [-0.3, -0.25) is 18.9 Å². The number of nitrogens with zero attached hydrogens (tertiary/aromatic N) is 4. The molecule has 1 saturated heterocycles. The highest BCUT2D eigenvalue weighted by molar-refractivity contribution is 6.30. The summed E-state index contributed by atoms with van der Waals surface area (Å²) in [5, 5.41) is 16.4. The summed E-state index contributed by atoms with van der Waals surface area (Å²) in [6, 6.07) is 16.9. The number of hydrogen-bond donors (Lipinski definition) is 1.